The fourth-order valence-electron chi connectivity index (χ4n) is 1.62. The first kappa shape index (κ1) is 10.8. The molecule has 1 aromatic rings. The molecule has 1 aromatic heterocycles. The van der Waals surface area contributed by atoms with Crippen LogP contribution in [-0.2, 0) is 10.0 Å². The zero-order valence-corrected chi connectivity index (χ0v) is 9.85. The van der Waals surface area contributed by atoms with E-state index in [1.807, 2.05) is 0 Å². The predicted octanol–water partition coefficient (Wildman–Crippen LogP) is 0.900. The summed E-state index contributed by atoms with van der Waals surface area (Å²) in [7, 11) is -3.33. The smallest absolute Gasteiger partial charge is 0.254 e. The second kappa shape index (κ2) is 4.07. The summed E-state index contributed by atoms with van der Waals surface area (Å²) in [6.07, 6.45) is 4.32. The van der Waals surface area contributed by atoms with E-state index in [0.29, 0.717) is 18.2 Å². The molecule has 15 heavy (non-hydrogen) atoms. The van der Waals surface area contributed by atoms with Gasteiger partial charge in [0.15, 0.2) is 9.34 Å². The van der Waals surface area contributed by atoms with Gasteiger partial charge in [0.05, 0.1) is 6.20 Å². The van der Waals surface area contributed by atoms with Crippen molar-refractivity contribution in [1.82, 2.24) is 9.29 Å². The zero-order chi connectivity index (χ0) is 10.9. The summed E-state index contributed by atoms with van der Waals surface area (Å²) >= 11 is 1.03. The van der Waals surface area contributed by atoms with E-state index in [0.717, 1.165) is 30.6 Å². The van der Waals surface area contributed by atoms with Crippen LogP contribution < -0.4 is 5.73 Å². The maximum absolute atomic E-state index is 12.0. The molecule has 1 aliphatic heterocycles. The fraction of sp³-hybridized carbons (Fsp3) is 0.625. The van der Waals surface area contributed by atoms with Crippen molar-refractivity contribution in [2.75, 3.05) is 18.8 Å². The van der Waals surface area contributed by atoms with Gasteiger partial charge in [-0.05, 0) is 12.8 Å². The van der Waals surface area contributed by atoms with E-state index in [4.69, 9.17) is 5.73 Å². The van der Waals surface area contributed by atoms with Crippen LogP contribution in [0.2, 0.25) is 0 Å². The lowest BCUT2D eigenvalue weighted by atomic mass is 10.2. The number of nitrogens with zero attached hydrogens (tertiary/aromatic N) is 2. The standard InChI is InChI=1S/C8H13N3O2S2/c9-8-10-6-7(14-8)15(12,13)11-4-2-1-3-5-11/h6H,1-5H2,(H2,9,10). The van der Waals surface area contributed by atoms with Gasteiger partial charge in [0.25, 0.3) is 10.0 Å². The zero-order valence-electron chi connectivity index (χ0n) is 8.22. The number of aromatic nitrogens is 1. The second-order valence-electron chi connectivity index (χ2n) is 3.48. The van der Waals surface area contributed by atoms with E-state index in [2.05, 4.69) is 4.98 Å². The summed E-state index contributed by atoms with van der Waals surface area (Å²) < 4.78 is 25.9. The van der Waals surface area contributed by atoms with Crippen molar-refractivity contribution in [2.24, 2.45) is 0 Å². The van der Waals surface area contributed by atoms with Crippen molar-refractivity contribution >= 4 is 26.5 Å². The van der Waals surface area contributed by atoms with Crippen molar-refractivity contribution in [3.05, 3.63) is 6.20 Å². The fourth-order valence-corrected chi connectivity index (χ4v) is 4.21. The highest BCUT2D eigenvalue weighted by Gasteiger charge is 2.27. The highest BCUT2D eigenvalue weighted by atomic mass is 32.2. The molecule has 1 fully saturated rings. The van der Waals surface area contributed by atoms with Gasteiger partial charge in [-0.1, -0.05) is 17.8 Å². The first-order chi connectivity index (χ1) is 7.10. The first-order valence-electron chi connectivity index (χ1n) is 4.82. The van der Waals surface area contributed by atoms with Crippen LogP contribution in [0.1, 0.15) is 19.3 Å². The van der Waals surface area contributed by atoms with Crippen LogP contribution in [0.4, 0.5) is 5.13 Å². The van der Waals surface area contributed by atoms with Crippen molar-refractivity contribution in [2.45, 2.75) is 23.5 Å². The summed E-state index contributed by atoms with van der Waals surface area (Å²) in [5.74, 6) is 0. The van der Waals surface area contributed by atoms with Crippen LogP contribution in [0, 0.1) is 0 Å². The van der Waals surface area contributed by atoms with Gasteiger partial charge in [-0.15, -0.1) is 0 Å². The summed E-state index contributed by atoms with van der Waals surface area (Å²) in [4.78, 5) is 3.77. The van der Waals surface area contributed by atoms with E-state index in [1.165, 1.54) is 10.5 Å². The number of piperidine rings is 1. The molecular formula is C8H13N3O2S2. The third-order valence-electron chi connectivity index (χ3n) is 2.41. The average molecular weight is 247 g/mol. The quantitative estimate of drug-likeness (QED) is 0.842. The monoisotopic (exact) mass is 247 g/mol. The molecule has 2 N–H and O–H groups in total. The van der Waals surface area contributed by atoms with Gasteiger partial charge in [0, 0.05) is 13.1 Å². The molecule has 1 aliphatic rings. The normalized spacial score (nSPS) is 19.2. The first-order valence-corrected chi connectivity index (χ1v) is 7.08. The molecule has 0 radical (unpaired) electrons. The highest BCUT2D eigenvalue weighted by Crippen LogP contribution is 2.25. The number of hydrogen-bond donors (Lipinski definition) is 1. The summed E-state index contributed by atoms with van der Waals surface area (Å²) in [6, 6.07) is 0. The predicted molar refractivity (Wildman–Crippen MR) is 59.1 cm³/mol. The van der Waals surface area contributed by atoms with Crippen LogP contribution in [0.3, 0.4) is 0 Å². The molecule has 0 spiro atoms. The van der Waals surface area contributed by atoms with E-state index in [1.54, 1.807) is 0 Å². The SMILES string of the molecule is Nc1ncc(S(=O)(=O)N2CCCCC2)s1. The Hall–Kier alpha value is -0.660. The Bertz CT molecular complexity index is 434. The van der Waals surface area contributed by atoms with Gasteiger partial charge < -0.3 is 5.73 Å². The minimum atomic E-state index is -3.33. The van der Waals surface area contributed by atoms with E-state index in [9.17, 15) is 8.42 Å². The number of hydrogen-bond acceptors (Lipinski definition) is 5. The topological polar surface area (TPSA) is 76.3 Å². The van der Waals surface area contributed by atoms with Gasteiger partial charge in [-0.2, -0.15) is 4.31 Å². The molecule has 0 saturated carbocycles. The molecule has 2 rings (SSSR count). The van der Waals surface area contributed by atoms with Gasteiger partial charge in [0.1, 0.15) is 0 Å². The molecule has 0 atom stereocenters. The molecule has 5 nitrogen and oxygen atoms in total. The Morgan fingerprint density at radius 2 is 2.00 bits per heavy atom. The lowest BCUT2D eigenvalue weighted by Crippen LogP contribution is -2.35. The number of thiazole rings is 1. The molecule has 0 bridgehead atoms. The van der Waals surface area contributed by atoms with Crippen LogP contribution in [0.5, 0.6) is 0 Å². The molecule has 0 unspecified atom stereocenters. The summed E-state index contributed by atoms with van der Waals surface area (Å²) in [6.45, 7) is 1.22. The van der Waals surface area contributed by atoms with Crippen molar-refractivity contribution in [3.63, 3.8) is 0 Å². The number of nitrogens with two attached hydrogens (primary N) is 1. The summed E-state index contributed by atoms with van der Waals surface area (Å²) in [5.41, 5.74) is 5.43. The van der Waals surface area contributed by atoms with Crippen LogP contribution in [-0.4, -0.2) is 30.8 Å². The van der Waals surface area contributed by atoms with Crippen molar-refractivity contribution in [1.29, 1.82) is 0 Å². The molecular weight excluding hydrogens is 234 g/mol. The maximum atomic E-state index is 12.0. The minimum Gasteiger partial charge on any atom is -0.375 e. The highest BCUT2D eigenvalue weighted by molar-refractivity contribution is 7.91. The number of nitrogen functional groups attached to an aromatic ring is 1. The molecule has 7 heteroatoms. The molecule has 0 aromatic carbocycles. The maximum Gasteiger partial charge on any atom is 0.254 e. The lowest BCUT2D eigenvalue weighted by molar-refractivity contribution is 0.347. The van der Waals surface area contributed by atoms with Gasteiger partial charge in [-0.3, -0.25) is 0 Å². The summed E-state index contributed by atoms with van der Waals surface area (Å²) in [5, 5.41) is 0.297. The Morgan fingerprint density at radius 1 is 1.33 bits per heavy atom. The molecule has 1 saturated heterocycles. The van der Waals surface area contributed by atoms with Crippen LogP contribution >= 0.6 is 11.3 Å². The number of sulfonamides is 1. The minimum absolute atomic E-state index is 0.252. The Labute approximate surface area is 93.0 Å². The van der Waals surface area contributed by atoms with Crippen LogP contribution in [0.15, 0.2) is 10.4 Å². The second-order valence-corrected chi connectivity index (χ2v) is 6.71. The molecule has 2 heterocycles. The largest absolute Gasteiger partial charge is 0.375 e. The van der Waals surface area contributed by atoms with E-state index < -0.39 is 10.0 Å². The third-order valence-corrected chi connectivity index (χ3v) is 5.57. The molecule has 0 aliphatic carbocycles. The third kappa shape index (κ3) is 2.14. The van der Waals surface area contributed by atoms with Gasteiger partial charge in [-0.25, -0.2) is 13.4 Å². The van der Waals surface area contributed by atoms with E-state index in [-0.39, 0.29) is 4.21 Å². The lowest BCUT2D eigenvalue weighted by Gasteiger charge is -2.24. The van der Waals surface area contributed by atoms with E-state index >= 15 is 0 Å². The number of anilines is 1. The van der Waals surface area contributed by atoms with Gasteiger partial charge in [0.2, 0.25) is 0 Å². The van der Waals surface area contributed by atoms with Crippen LogP contribution in [0.25, 0.3) is 0 Å². The van der Waals surface area contributed by atoms with Crippen molar-refractivity contribution < 1.29 is 8.42 Å². The van der Waals surface area contributed by atoms with Crippen molar-refractivity contribution in [3.8, 4) is 0 Å². The Kier molecular flexibility index (Phi) is 2.94. The Balaban J connectivity index is 2.26. The average Bonchev–Trinajstić information content (AvgIpc) is 2.67. The number of rotatable bonds is 2. The Morgan fingerprint density at radius 3 is 2.53 bits per heavy atom. The molecule has 0 amide bonds. The molecule has 84 valence electrons. The van der Waals surface area contributed by atoms with Gasteiger partial charge >= 0.3 is 0 Å².